The van der Waals surface area contributed by atoms with Crippen LogP contribution in [-0.4, -0.2) is 9.60 Å². The number of thiazole rings is 1. The molecule has 5 nitrogen and oxygen atoms in total. The van der Waals surface area contributed by atoms with Crippen molar-refractivity contribution in [2.75, 3.05) is 0 Å². The van der Waals surface area contributed by atoms with Crippen molar-refractivity contribution in [3.05, 3.63) is 50.6 Å². The number of aromatic nitrogens is 1. The van der Waals surface area contributed by atoms with Gasteiger partial charge in [-0.05, 0) is 5.56 Å². The molecule has 0 amide bonds. The van der Waals surface area contributed by atoms with Crippen LogP contribution in [-0.2, 0) is 7.05 Å². The second kappa shape index (κ2) is 4.28. The summed E-state index contributed by atoms with van der Waals surface area (Å²) >= 11 is 1.25. The highest BCUT2D eigenvalue weighted by atomic mass is 32.1. The highest BCUT2D eigenvalue weighted by Crippen LogP contribution is 2.18. The maximum atomic E-state index is 10.3. The van der Waals surface area contributed by atoms with Crippen molar-refractivity contribution in [1.82, 2.24) is 4.57 Å². The molecule has 0 aliphatic carbocycles. The van der Waals surface area contributed by atoms with Crippen molar-refractivity contribution in [3.63, 3.8) is 0 Å². The zero-order valence-electron chi connectivity index (χ0n) is 8.53. The Bertz CT molecular complexity index is 571. The SMILES string of the molecule is Cn1c(-c2ccccc2)cs/c1=N\[N+](=O)[O-]. The lowest BCUT2D eigenvalue weighted by molar-refractivity contribution is -0.490. The largest absolute Gasteiger partial charge is 0.315 e. The van der Waals surface area contributed by atoms with Crippen molar-refractivity contribution in [2.45, 2.75) is 0 Å². The first-order valence-electron chi connectivity index (χ1n) is 4.57. The Hall–Kier alpha value is -1.95. The first kappa shape index (κ1) is 10.6. The molecule has 2 rings (SSSR count). The summed E-state index contributed by atoms with van der Waals surface area (Å²) in [6, 6.07) is 9.70. The molecule has 6 heteroatoms. The quantitative estimate of drug-likeness (QED) is 0.589. The van der Waals surface area contributed by atoms with E-state index in [-0.39, 0.29) is 0 Å². The van der Waals surface area contributed by atoms with Crippen LogP contribution in [0.4, 0.5) is 0 Å². The minimum Gasteiger partial charge on any atom is -0.315 e. The summed E-state index contributed by atoms with van der Waals surface area (Å²) < 4.78 is 1.71. The Labute approximate surface area is 95.4 Å². The fourth-order valence-electron chi connectivity index (χ4n) is 1.40. The topological polar surface area (TPSA) is 60.4 Å². The predicted molar refractivity (Wildman–Crippen MR) is 61.3 cm³/mol. The minimum atomic E-state index is -0.680. The molecule has 0 radical (unpaired) electrons. The van der Waals surface area contributed by atoms with E-state index in [4.69, 9.17) is 0 Å². The number of nitrogens with zero attached hydrogens (tertiary/aromatic N) is 3. The standard InChI is InChI=1S/C10H9N3O2S/c1-12-9(8-5-3-2-4-6-8)7-16-10(12)11-13(14)15/h2-7H,1H3/b11-10-. The predicted octanol–water partition coefficient (Wildman–Crippen LogP) is 1.85. The summed E-state index contributed by atoms with van der Waals surface area (Å²) in [5.74, 6) is 0. The zero-order chi connectivity index (χ0) is 11.5. The molecule has 0 unspecified atom stereocenters. The Morgan fingerprint density at radius 3 is 2.69 bits per heavy atom. The molecular formula is C10H9N3O2S. The Balaban J connectivity index is 2.54. The van der Waals surface area contributed by atoms with Crippen LogP contribution in [0.15, 0.2) is 40.8 Å². The number of hydrogen-bond acceptors (Lipinski definition) is 3. The van der Waals surface area contributed by atoms with Crippen LogP contribution in [0.5, 0.6) is 0 Å². The molecule has 0 aliphatic heterocycles. The van der Waals surface area contributed by atoms with Gasteiger partial charge in [-0.1, -0.05) is 41.7 Å². The van der Waals surface area contributed by atoms with Gasteiger partial charge in [0, 0.05) is 12.4 Å². The molecule has 0 spiro atoms. The summed E-state index contributed by atoms with van der Waals surface area (Å²) in [4.78, 5) is 10.7. The summed E-state index contributed by atoms with van der Waals surface area (Å²) in [6.45, 7) is 0. The normalized spacial score (nSPS) is 11.7. The van der Waals surface area contributed by atoms with E-state index >= 15 is 0 Å². The molecule has 1 aromatic heterocycles. The van der Waals surface area contributed by atoms with Gasteiger partial charge in [-0.3, -0.25) is 0 Å². The van der Waals surface area contributed by atoms with Gasteiger partial charge in [-0.2, -0.15) is 0 Å². The van der Waals surface area contributed by atoms with E-state index < -0.39 is 5.03 Å². The van der Waals surface area contributed by atoms with Crippen molar-refractivity contribution in [3.8, 4) is 11.3 Å². The molecule has 82 valence electrons. The van der Waals surface area contributed by atoms with Crippen molar-refractivity contribution >= 4 is 11.3 Å². The van der Waals surface area contributed by atoms with Gasteiger partial charge >= 0.3 is 0 Å². The summed E-state index contributed by atoms with van der Waals surface area (Å²) in [5.41, 5.74) is 1.94. The van der Waals surface area contributed by atoms with Gasteiger partial charge in [0.2, 0.25) is 0 Å². The highest BCUT2D eigenvalue weighted by molar-refractivity contribution is 7.07. The molecule has 0 bridgehead atoms. The lowest BCUT2D eigenvalue weighted by Crippen LogP contribution is -2.13. The summed E-state index contributed by atoms with van der Waals surface area (Å²) in [7, 11) is 1.77. The molecule has 0 atom stereocenters. The Kier molecular flexibility index (Phi) is 2.82. The summed E-state index contributed by atoms with van der Waals surface area (Å²) in [5, 5.41) is 14.8. The van der Waals surface area contributed by atoms with Gasteiger partial charge in [0.15, 0.2) is 5.03 Å². The van der Waals surface area contributed by atoms with E-state index in [0.717, 1.165) is 11.3 Å². The second-order valence-electron chi connectivity index (χ2n) is 3.17. The number of benzene rings is 1. The van der Waals surface area contributed by atoms with E-state index in [1.165, 1.54) is 11.3 Å². The van der Waals surface area contributed by atoms with E-state index in [0.29, 0.717) is 4.80 Å². The van der Waals surface area contributed by atoms with Crippen LogP contribution < -0.4 is 4.80 Å². The van der Waals surface area contributed by atoms with Crippen LogP contribution in [0.3, 0.4) is 0 Å². The van der Waals surface area contributed by atoms with Gasteiger partial charge in [-0.25, -0.2) is 10.1 Å². The van der Waals surface area contributed by atoms with Crippen molar-refractivity contribution < 1.29 is 5.03 Å². The van der Waals surface area contributed by atoms with E-state index in [9.17, 15) is 10.1 Å². The molecule has 0 aliphatic rings. The smallest absolute Gasteiger partial charge is 0.262 e. The van der Waals surface area contributed by atoms with Gasteiger partial charge in [0.05, 0.1) is 10.8 Å². The van der Waals surface area contributed by atoms with Crippen molar-refractivity contribution in [2.24, 2.45) is 12.1 Å². The molecule has 0 saturated carbocycles. The van der Waals surface area contributed by atoms with Gasteiger partial charge in [-0.15, -0.1) is 0 Å². The number of nitro groups is 1. The lowest BCUT2D eigenvalue weighted by atomic mass is 10.2. The van der Waals surface area contributed by atoms with E-state index in [2.05, 4.69) is 5.10 Å². The fraction of sp³-hybridized carbons (Fsp3) is 0.100. The molecule has 2 aromatic rings. The van der Waals surface area contributed by atoms with Crippen molar-refractivity contribution in [1.29, 1.82) is 0 Å². The molecule has 16 heavy (non-hydrogen) atoms. The molecule has 0 fully saturated rings. The average Bonchev–Trinajstić information content (AvgIpc) is 2.61. The third kappa shape index (κ3) is 2.01. The monoisotopic (exact) mass is 235 g/mol. The summed E-state index contributed by atoms with van der Waals surface area (Å²) in [6.07, 6.45) is 0. The fourth-order valence-corrected chi connectivity index (χ4v) is 2.28. The first-order valence-corrected chi connectivity index (χ1v) is 5.45. The minimum absolute atomic E-state index is 0.379. The first-order chi connectivity index (χ1) is 7.68. The third-order valence-corrected chi connectivity index (χ3v) is 3.07. The number of rotatable bonds is 2. The maximum absolute atomic E-state index is 10.3. The van der Waals surface area contributed by atoms with Crippen LogP contribution in [0.2, 0.25) is 0 Å². The third-order valence-electron chi connectivity index (χ3n) is 2.16. The van der Waals surface area contributed by atoms with Crippen LogP contribution in [0, 0.1) is 10.1 Å². The molecule has 1 heterocycles. The molecule has 0 saturated heterocycles. The Morgan fingerprint density at radius 1 is 1.38 bits per heavy atom. The lowest BCUT2D eigenvalue weighted by Gasteiger charge is -2.00. The molecule has 0 N–H and O–H groups in total. The molecular weight excluding hydrogens is 226 g/mol. The van der Waals surface area contributed by atoms with E-state index in [1.54, 1.807) is 11.6 Å². The maximum Gasteiger partial charge on any atom is 0.262 e. The second-order valence-corrected chi connectivity index (χ2v) is 4.00. The van der Waals surface area contributed by atoms with E-state index in [1.807, 2.05) is 35.7 Å². The van der Waals surface area contributed by atoms with Gasteiger partial charge in [0.25, 0.3) is 4.80 Å². The molecule has 1 aromatic carbocycles. The Morgan fingerprint density at radius 2 is 2.06 bits per heavy atom. The van der Waals surface area contributed by atoms with Gasteiger partial charge in [0.1, 0.15) is 0 Å². The zero-order valence-corrected chi connectivity index (χ0v) is 9.35. The van der Waals surface area contributed by atoms with Crippen LogP contribution in [0.1, 0.15) is 0 Å². The average molecular weight is 235 g/mol. The van der Waals surface area contributed by atoms with Gasteiger partial charge < -0.3 is 4.57 Å². The highest BCUT2D eigenvalue weighted by Gasteiger charge is 2.05. The van der Waals surface area contributed by atoms with Crippen LogP contribution >= 0.6 is 11.3 Å². The van der Waals surface area contributed by atoms with Crippen LogP contribution in [0.25, 0.3) is 11.3 Å². The number of hydrogen-bond donors (Lipinski definition) is 0.